The van der Waals surface area contributed by atoms with Crippen LogP contribution in [-0.2, 0) is 0 Å². The predicted octanol–water partition coefficient (Wildman–Crippen LogP) is 3.23. The van der Waals surface area contributed by atoms with Gasteiger partial charge < -0.3 is 0 Å². The summed E-state index contributed by atoms with van der Waals surface area (Å²) in [4.78, 5) is 0. The highest BCUT2D eigenvalue weighted by atomic mass is 15.1. The van der Waals surface area contributed by atoms with Crippen LogP contribution in [0.2, 0.25) is 0 Å². The molecule has 26 heavy (non-hydrogen) atoms. The second-order valence-corrected chi connectivity index (χ2v) is 6.36. The molecule has 0 amide bonds. The summed E-state index contributed by atoms with van der Waals surface area (Å²) in [5.74, 6) is 0. The molecule has 0 aliphatic heterocycles. The summed E-state index contributed by atoms with van der Waals surface area (Å²) >= 11 is 0. The maximum absolute atomic E-state index is 3.89. The standard InChI is InChI=1S/C18H15B.C5H8N2/c1-4-10-16(11-5-1)19(17-12-6-2-7-13-17)18-14-8-3-9-15-18;1-4-3-5(2)7-6-4/h1-15H;3H,1-2H3,(H,6,7). The van der Waals surface area contributed by atoms with Crippen LogP contribution in [-0.4, -0.2) is 16.9 Å². The largest absolute Gasteiger partial charge is 0.283 e. The van der Waals surface area contributed by atoms with E-state index in [9.17, 15) is 0 Å². The zero-order valence-corrected chi connectivity index (χ0v) is 15.3. The van der Waals surface area contributed by atoms with Crippen LogP contribution in [0.5, 0.6) is 0 Å². The highest BCUT2D eigenvalue weighted by molar-refractivity contribution is 6.95. The van der Waals surface area contributed by atoms with Crippen LogP contribution in [0, 0.1) is 13.8 Å². The van der Waals surface area contributed by atoms with Crippen molar-refractivity contribution in [1.82, 2.24) is 10.2 Å². The zero-order valence-electron chi connectivity index (χ0n) is 15.3. The third-order valence-corrected chi connectivity index (χ3v) is 4.23. The summed E-state index contributed by atoms with van der Waals surface area (Å²) in [7, 11) is 0. The Morgan fingerprint density at radius 2 is 1.00 bits per heavy atom. The maximum Gasteiger partial charge on any atom is 0.241 e. The monoisotopic (exact) mass is 338 g/mol. The van der Waals surface area contributed by atoms with Crippen molar-refractivity contribution in [2.24, 2.45) is 0 Å². The van der Waals surface area contributed by atoms with Crippen LogP contribution in [0.3, 0.4) is 0 Å². The van der Waals surface area contributed by atoms with E-state index in [1.807, 2.05) is 19.9 Å². The van der Waals surface area contributed by atoms with Crippen LogP contribution in [0.4, 0.5) is 0 Å². The van der Waals surface area contributed by atoms with Gasteiger partial charge in [-0.15, -0.1) is 0 Å². The van der Waals surface area contributed by atoms with E-state index in [1.165, 1.54) is 16.4 Å². The van der Waals surface area contributed by atoms with Crippen LogP contribution >= 0.6 is 0 Å². The Balaban J connectivity index is 0.000000236. The van der Waals surface area contributed by atoms with Crippen LogP contribution < -0.4 is 16.4 Å². The molecule has 4 rings (SSSR count). The maximum atomic E-state index is 3.89. The average molecular weight is 338 g/mol. The van der Waals surface area contributed by atoms with E-state index in [2.05, 4.69) is 101 Å². The van der Waals surface area contributed by atoms with E-state index in [-0.39, 0.29) is 0 Å². The van der Waals surface area contributed by atoms with Crippen molar-refractivity contribution in [2.75, 3.05) is 0 Å². The number of aryl methyl sites for hydroxylation is 2. The van der Waals surface area contributed by atoms with Crippen molar-refractivity contribution in [3.63, 3.8) is 0 Å². The quantitative estimate of drug-likeness (QED) is 0.571. The molecule has 0 atom stereocenters. The molecule has 128 valence electrons. The second kappa shape index (κ2) is 8.86. The number of aromatic nitrogens is 2. The molecule has 0 unspecified atom stereocenters. The van der Waals surface area contributed by atoms with Gasteiger partial charge in [0.15, 0.2) is 0 Å². The van der Waals surface area contributed by atoms with Gasteiger partial charge >= 0.3 is 0 Å². The van der Waals surface area contributed by atoms with E-state index in [1.54, 1.807) is 0 Å². The third kappa shape index (κ3) is 4.73. The van der Waals surface area contributed by atoms with Gasteiger partial charge in [0.25, 0.3) is 0 Å². The number of hydrogen-bond acceptors (Lipinski definition) is 1. The fourth-order valence-corrected chi connectivity index (χ4v) is 3.07. The predicted molar refractivity (Wildman–Crippen MR) is 112 cm³/mol. The molecular formula is C23H23BN2. The minimum absolute atomic E-state index is 0.309. The lowest BCUT2D eigenvalue weighted by atomic mass is 9.37. The Kier molecular flexibility index (Phi) is 6.05. The van der Waals surface area contributed by atoms with Crippen LogP contribution in [0.15, 0.2) is 97.1 Å². The first-order valence-corrected chi connectivity index (χ1v) is 8.87. The Morgan fingerprint density at radius 1 is 0.615 bits per heavy atom. The highest BCUT2D eigenvalue weighted by Crippen LogP contribution is 1.95. The highest BCUT2D eigenvalue weighted by Gasteiger charge is 2.20. The molecule has 1 N–H and O–H groups in total. The Hall–Kier alpha value is -3.07. The minimum Gasteiger partial charge on any atom is -0.283 e. The van der Waals surface area contributed by atoms with Gasteiger partial charge in [0.05, 0.1) is 5.69 Å². The first kappa shape index (κ1) is 17.7. The number of rotatable bonds is 3. The Morgan fingerprint density at radius 3 is 1.23 bits per heavy atom. The number of H-pyrrole nitrogens is 1. The van der Waals surface area contributed by atoms with Gasteiger partial charge in [-0.1, -0.05) is 107 Å². The molecular weight excluding hydrogens is 315 g/mol. The van der Waals surface area contributed by atoms with Gasteiger partial charge in [-0.05, 0) is 19.9 Å². The molecule has 0 aliphatic carbocycles. The van der Waals surface area contributed by atoms with Crippen molar-refractivity contribution in [3.05, 3.63) is 108 Å². The lowest BCUT2D eigenvalue weighted by Crippen LogP contribution is -2.51. The second-order valence-electron chi connectivity index (χ2n) is 6.36. The molecule has 1 heterocycles. The number of aromatic amines is 1. The molecule has 4 aromatic rings. The molecule has 0 aliphatic rings. The van der Waals surface area contributed by atoms with Gasteiger partial charge in [-0.3, -0.25) is 5.10 Å². The van der Waals surface area contributed by atoms with Crippen molar-refractivity contribution in [1.29, 1.82) is 0 Å². The molecule has 0 fully saturated rings. The van der Waals surface area contributed by atoms with Crippen molar-refractivity contribution in [2.45, 2.75) is 13.8 Å². The summed E-state index contributed by atoms with van der Waals surface area (Å²) in [5.41, 5.74) is 6.18. The minimum atomic E-state index is 0.309. The van der Waals surface area contributed by atoms with Crippen molar-refractivity contribution >= 4 is 23.1 Å². The third-order valence-electron chi connectivity index (χ3n) is 4.23. The topological polar surface area (TPSA) is 28.7 Å². The van der Waals surface area contributed by atoms with Gasteiger partial charge in [0.1, 0.15) is 0 Å². The summed E-state index contributed by atoms with van der Waals surface area (Å²) in [6.07, 6.45) is 0. The molecule has 0 radical (unpaired) electrons. The zero-order chi connectivity index (χ0) is 18.2. The number of nitrogens with one attached hydrogen (secondary N) is 1. The molecule has 0 saturated carbocycles. The number of benzene rings is 3. The summed E-state index contributed by atoms with van der Waals surface area (Å²) < 4.78 is 0. The van der Waals surface area contributed by atoms with Gasteiger partial charge in [-0.2, -0.15) is 5.10 Å². The Labute approximate surface area is 156 Å². The lowest BCUT2D eigenvalue weighted by Gasteiger charge is -2.15. The summed E-state index contributed by atoms with van der Waals surface area (Å²) in [6.45, 7) is 4.26. The smallest absolute Gasteiger partial charge is 0.241 e. The van der Waals surface area contributed by atoms with E-state index < -0.39 is 0 Å². The molecule has 1 aromatic heterocycles. The van der Waals surface area contributed by atoms with Gasteiger partial charge in [0.2, 0.25) is 6.71 Å². The lowest BCUT2D eigenvalue weighted by molar-refractivity contribution is 1.02. The first-order chi connectivity index (χ1) is 12.7. The fraction of sp³-hybridized carbons (Fsp3) is 0.0870. The van der Waals surface area contributed by atoms with E-state index in [0.29, 0.717) is 6.71 Å². The van der Waals surface area contributed by atoms with Crippen LogP contribution in [0.25, 0.3) is 0 Å². The van der Waals surface area contributed by atoms with Crippen LogP contribution in [0.1, 0.15) is 11.4 Å². The van der Waals surface area contributed by atoms with Crippen molar-refractivity contribution in [3.8, 4) is 0 Å². The van der Waals surface area contributed by atoms with E-state index in [0.717, 1.165) is 11.4 Å². The first-order valence-electron chi connectivity index (χ1n) is 8.87. The molecule has 2 nitrogen and oxygen atoms in total. The summed E-state index contributed by atoms with van der Waals surface area (Å²) in [5, 5.41) is 6.71. The SMILES string of the molecule is Cc1cc(C)[nH]n1.c1ccc(B(c2ccccc2)c2ccccc2)cc1. The molecule has 0 saturated heterocycles. The van der Waals surface area contributed by atoms with E-state index >= 15 is 0 Å². The average Bonchev–Trinajstić information content (AvgIpc) is 3.08. The molecule has 3 aromatic carbocycles. The van der Waals surface area contributed by atoms with Gasteiger partial charge in [0, 0.05) is 5.69 Å². The molecule has 0 bridgehead atoms. The van der Waals surface area contributed by atoms with Crippen molar-refractivity contribution < 1.29 is 0 Å². The normalized spacial score (nSPS) is 9.92. The summed E-state index contributed by atoms with van der Waals surface area (Å²) in [6, 6.07) is 34.0. The fourth-order valence-electron chi connectivity index (χ4n) is 3.07. The molecule has 0 spiro atoms. The van der Waals surface area contributed by atoms with Gasteiger partial charge in [-0.25, -0.2) is 0 Å². The van der Waals surface area contributed by atoms with E-state index in [4.69, 9.17) is 0 Å². The Bertz CT molecular complexity index is 792. The molecule has 3 heteroatoms. The number of hydrogen-bond donors (Lipinski definition) is 1. The number of nitrogens with zero attached hydrogens (tertiary/aromatic N) is 1.